The first kappa shape index (κ1) is 13.9. The molecule has 0 aromatic rings. The fourth-order valence-electron chi connectivity index (χ4n) is 3.83. The lowest BCUT2D eigenvalue weighted by atomic mass is 9.77. The van der Waals surface area contributed by atoms with Crippen molar-refractivity contribution in [1.82, 2.24) is 4.90 Å². The summed E-state index contributed by atoms with van der Waals surface area (Å²) in [6.07, 6.45) is 9.36. The molecule has 104 valence electrons. The Labute approximate surface area is 111 Å². The van der Waals surface area contributed by atoms with Gasteiger partial charge in [-0.2, -0.15) is 0 Å². The molecule has 3 nitrogen and oxygen atoms in total. The molecular formula is C15H28N2O. The van der Waals surface area contributed by atoms with Gasteiger partial charge in [-0.05, 0) is 44.9 Å². The van der Waals surface area contributed by atoms with E-state index < -0.39 is 5.54 Å². The second kappa shape index (κ2) is 5.60. The monoisotopic (exact) mass is 252 g/mol. The van der Waals surface area contributed by atoms with Gasteiger partial charge in [-0.15, -0.1) is 0 Å². The maximum absolute atomic E-state index is 12.7. The summed E-state index contributed by atoms with van der Waals surface area (Å²) in [5.74, 6) is 0.940. The fourth-order valence-corrected chi connectivity index (χ4v) is 3.83. The van der Waals surface area contributed by atoms with Gasteiger partial charge in [0.2, 0.25) is 5.91 Å². The molecule has 2 fully saturated rings. The molecule has 0 bridgehead atoms. The van der Waals surface area contributed by atoms with Crippen LogP contribution in [0.4, 0.5) is 0 Å². The fraction of sp³-hybridized carbons (Fsp3) is 0.933. The Morgan fingerprint density at radius 1 is 1.28 bits per heavy atom. The van der Waals surface area contributed by atoms with Crippen molar-refractivity contribution in [3.8, 4) is 0 Å². The Morgan fingerprint density at radius 2 is 1.94 bits per heavy atom. The molecule has 1 aliphatic carbocycles. The van der Waals surface area contributed by atoms with Crippen LogP contribution in [-0.4, -0.2) is 28.9 Å². The summed E-state index contributed by atoms with van der Waals surface area (Å²) in [6, 6.07) is 0.486. The minimum absolute atomic E-state index is 0.195. The van der Waals surface area contributed by atoms with Crippen LogP contribution in [0.25, 0.3) is 0 Å². The minimum atomic E-state index is -0.659. The van der Waals surface area contributed by atoms with Crippen molar-refractivity contribution in [2.24, 2.45) is 11.7 Å². The van der Waals surface area contributed by atoms with Crippen LogP contribution < -0.4 is 5.73 Å². The Balaban J connectivity index is 2.08. The predicted molar refractivity (Wildman–Crippen MR) is 74.2 cm³/mol. The van der Waals surface area contributed by atoms with Crippen molar-refractivity contribution in [1.29, 1.82) is 0 Å². The largest absolute Gasteiger partial charge is 0.338 e. The zero-order chi connectivity index (χ0) is 13.2. The number of hydrogen-bond donors (Lipinski definition) is 1. The lowest BCUT2D eigenvalue weighted by Gasteiger charge is -2.46. The number of piperidine rings is 1. The van der Waals surface area contributed by atoms with Gasteiger partial charge >= 0.3 is 0 Å². The van der Waals surface area contributed by atoms with Gasteiger partial charge < -0.3 is 10.6 Å². The molecule has 0 aromatic carbocycles. The maximum atomic E-state index is 12.7. The van der Waals surface area contributed by atoms with Crippen LogP contribution in [0, 0.1) is 5.92 Å². The Kier molecular flexibility index (Phi) is 4.31. The van der Waals surface area contributed by atoms with Gasteiger partial charge in [0, 0.05) is 12.6 Å². The molecule has 3 atom stereocenters. The average molecular weight is 252 g/mol. The molecule has 18 heavy (non-hydrogen) atoms. The molecule has 1 heterocycles. The molecule has 1 amide bonds. The van der Waals surface area contributed by atoms with Crippen molar-refractivity contribution in [2.75, 3.05) is 6.54 Å². The number of amides is 1. The first-order chi connectivity index (χ1) is 8.56. The standard InChI is InChI=1S/C15H28N2O/c1-3-10-15(2,16)14(18)17-11-6-8-12-7-4-5-9-13(12)17/h12-13H,3-11,16H2,1-2H3. The number of nitrogens with zero attached hydrogens (tertiary/aromatic N) is 1. The van der Waals surface area contributed by atoms with Gasteiger partial charge in [-0.25, -0.2) is 0 Å². The third kappa shape index (κ3) is 2.71. The van der Waals surface area contributed by atoms with Crippen LogP contribution >= 0.6 is 0 Å². The first-order valence-electron chi connectivity index (χ1n) is 7.66. The Hall–Kier alpha value is -0.570. The topological polar surface area (TPSA) is 46.3 Å². The number of fused-ring (bicyclic) bond motifs is 1. The number of likely N-dealkylation sites (tertiary alicyclic amines) is 1. The number of carbonyl (C=O) groups excluding carboxylic acids is 1. The Morgan fingerprint density at radius 3 is 2.67 bits per heavy atom. The van der Waals surface area contributed by atoms with Crippen LogP contribution in [-0.2, 0) is 4.79 Å². The van der Waals surface area contributed by atoms with Crippen molar-refractivity contribution in [3.63, 3.8) is 0 Å². The first-order valence-corrected chi connectivity index (χ1v) is 7.66. The van der Waals surface area contributed by atoms with Crippen molar-refractivity contribution in [2.45, 2.75) is 76.8 Å². The summed E-state index contributed by atoms with van der Waals surface area (Å²) >= 11 is 0. The SMILES string of the molecule is CCCC(C)(N)C(=O)N1CCCC2CCCCC21. The van der Waals surface area contributed by atoms with Crippen molar-refractivity contribution in [3.05, 3.63) is 0 Å². The highest BCUT2D eigenvalue weighted by Gasteiger charge is 2.40. The van der Waals surface area contributed by atoms with Crippen LogP contribution in [0.3, 0.4) is 0 Å². The number of hydrogen-bond acceptors (Lipinski definition) is 2. The quantitative estimate of drug-likeness (QED) is 0.839. The zero-order valence-electron chi connectivity index (χ0n) is 12.0. The van der Waals surface area contributed by atoms with E-state index in [4.69, 9.17) is 5.73 Å². The van der Waals surface area contributed by atoms with Gasteiger partial charge in [-0.3, -0.25) is 4.79 Å². The van der Waals surface area contributed by atoms with E-state index in [2.05, 4.69) is 11.8 Å². The molecule has 0 spiro atoms. The smallest absolute Gasteiger partial charge is 0.242 e. The highest BCUT2D eigenvalue weighted by Crippen LogP contribution is 2.36. The van der Waals surface area contributed by atoms with Crippen LogP contribution in [0.15, 0.2) is 0 Å². The van der Waals surface area contributed by atoms with E-state index in [-0.39, 0.29) is 5.91 Å². The molecule has 3 unspecified atom stereocenters. The van der Waals surface area contributed by atoms with Gasteiger partial charge in [-0.1, -0.05) is 26.2 Å². The molecule has 1 saturated carbocycles. The molecule has 2 aliphatic rings. The molecule has 0 aromatic heterocycles. The molecule has 1 saturated heterocycles. The summed E-state index contributed by atoms with van der Waals surface area (Å²) in [5, 5.41) is 0. The molecule has 0 radical (unpaired) electrons. The number of rotatable bonds is 3. The van der Waals surface area contributed by atoms with E-state index in [0.717, 1.165) is 31.7 Å². The van der Waals surface area contributed by atoms with Crippen molar-refractivity contribution >= 4 is 5.91 Å². The van der Waals surface area contributed by atoms with Crippen LogP contribution in [0.1, 0.15) is 65.2 Å². The average Bonchev–Trinajstić information content (AvgIpc) is 2.37. The summed E-state index contributed by atoms with van der Waals surface area (Å²) in [6.45, 7) is 4.93. The molecular weight excluding hydrogens is 224 g/mol. The summed E-state index contributed by atoms with van der Waals surface area (Å²) < 4.78 is 0. The number of carbonyl (C=O) groups is 1. The normalized spacial score (nSPS) is 31.6. The van der Waals surface area contributed by atoms with Gasteiger partial charge in [0.15, 0.2) is 0 Å². The highest BCUT2D eigenvalue weighted by atomic mass is 16.2. The lowest BCUT2D eigenvalue weighted by Crippen LogP contribution is -2.59. The third-order valence-corrected chi connectivity index (χ3v) is 4.76. The predicted octanol–water partition coefficient (Wildman–Crippen LogP) is 2.69. The van der Waals surface area contributed by atoms with E-state index in [1.807, 2.05) is 6.92 Å². The second-order valence-electron chi connectivity index (χ2n) is 6.42. The van der Waals surface area contributed by atoms with Gasteiger partial charge in [0.25, 0.3) is 0 Å². The molecule has 1 aliphatic heterocycles. The van der Waals surface area contributed by atoms with Gasteiger partial charge in [0.1, 0.15) is 0 Å². The van der Waals surface area contributed by atoms with E-state index in [1.54, 1.807) is 0 Å². The molecule has 2 N–H and O–H groups in total. The summed E-state index contributed by atoms with van der Waals surface area (Å²) in [4.78, 5) is 14.8. The van der Waals surface area contributed by atoms with Gasteiger partial charge in [0.05, 0.1) is 5.54 Å². The zero-order valence-corrected chi connectivity index (χ0v) is 12.0. The van der Waals surface area contributed by atoms with E-state index >= 15 is 0 Å². The third-order valence-electron chi connectivity index (χ3n) is 4.76. The maximum Gasteiger partial charge on any atom is 0.242 e. The minimum Gasteiger partial charge on any atom is -0.338 e. The summed E-state index contributed by atoms with van der Waals surface area (Å²) in [7, 11) is 0. The number of nitrogens with two attached hydrogens (primary N) is 1. The summed E-state index contributed by atoms with van der Waals surface area (Å²) in [5.41, 5.74) is 5.57. The van der Waals surface area contributed by atoms with Crippen LogP contribution in [0.2, 0.25) is 0 Å². The van der Waals surface area contributed by atoms with Crippen LogP contribution in [0.5, 0.6) is 0 Å². The van der Waals surface area contributed by atoms with E-state index in [1.165, 1.54) is 32.1 Å². The van der Waals surface area contributed by atoms with E-state index in [0.29, 0.717) is 6.04 Å². The molecule has 3 heteroatoms. The van der Waals surface area contributed by atoms with Crippen molar-refractivity contribution < 1.29 is 4.79 Å². The van der Waals surface area contributed by atoms with E-state index in [9.17, 15) is 4.79 Å². The molecule has 2 rings (SSSR count). The lowest BCUT2D eigenvalue weighted by molar-refractivity contribution is -0.143. The Bertz CT molecular complexity index is 299. The second-order valence-corrected chi connectivity index (χ2v) is 6.42. The highest BCUT2D eigenvalue weighted by molar-refractivity contribution is 5.86.